The molecule has 1 aliphatic heterocycles. The summed E-state index contributed by atoms with van der Waals surface area (Å²) in [5, 5.41) is 15.5. The first kappa shape index (κ1) is 17.7. The normalized spacial score (nSPS) is 16.0. The Balaban J connectivity index is 2.09. The number of allylic oxidation sites excluding steroid dienone is 1. The zero-order chi connectivity index (χ0) is 17.7. The molecule has 2 rings (SSSR count). The Morgan fingerprint density at radius 3 is 2.83 bits per heavy atom. The number of hydrogen-bond acceptors (Lipinski definition) is 4. The predicted octanol–water partition coefficient (Wildman–Crippen LogP) is 1.91. The van der Waals surface area contributed by atoms with E-state index in [1.807, 2.05) is 0 Å². The summed E-state index contributed by atoms with van der Waals surface area (Å²) in [6.45, 7) is 2.46. The van der Waals surface area contributed by atoms with E-state index in [1.165, 1.54) is 30.0 Å². The van der Waals surface area contributed by atoms with Crippen LogP contribution in [-0.2, 0) is 4.79 Å². The molecule has 0 spiro atoms. The number of nitrogens with zero attached hydrogens (tertiary/aromatic N) is 1. The Kier molecular flexibility index (Phi) is 5.75. The molecule has 7 nitrogen and oxygen atoms in total. The second-order valence-electron chi connectivity index (χ2n) is 5.13. The van der Waals surface area contributed by atoms with E-state index >= 15 is 0 Å². The predicted molar refractivity (Wildman–Crippen MR) is 89.6 cm³/mol. The first-order valence-corrected chi connectivity index (χ1v) is 7.54. The molecule has 1 fully saturated rings. The number of carbonyl (C=O) groups is 2. The fourth-order valence-electron chi connectivity index (χ4n) is 2.19. The summed E-state index contributed by atoms with van der Waals surface area (Å²) in [4.78, 5) is 25.0. The van der Waals surface area contributed by atoms with Crippen molar-refractivity contribution < 1.29 is 14.0 Å². The van der Waals surface area contributed by atoms with Crippen molar-refractivity contribution in [3.8, 4) is 0 Å². The zero-order valence-electron chi connectivity index (χ0n) is 13.0. The molecule has 0 aromatic heterocycles. The standard InChI is InChI=1S/C15H17ClFN5O2/c1-9(23)20-13(7-18)14-8-22(5-4-19-14)15(24)21-10-2-3-12(17)11(16)6-10/h2-3,6-7,18-19H,4-5,8H2,1H3,(H,20,23)(H,21,24)/b14-13+,18-7?. The van der Waals surface area contributed by atoms with Gasteiger partial charge in [-0.3, -0.25) is 4.79 Å². The number of halogens is 2. The van der Waals surface area contributed by atoms with E-state index < -0.39 is 5.82 Å². The molecular weight excluding hydrogens is 337 g/mol. The number of rotatable bonds is 3. The Morgan fingerprint density at radius 1 is 1.46 bits per heavy atom. The number of piperazine rings is 1. The molecule has 0 bridgehead atoms. The Hall–Kier alpha value is -2.61. The number of benzene rings is 1. The molecule has 1 aromatic carbocycles. The molecule has 0 atom stereocenters. The number of nitrogens with one attached hydrogen (secondary N) is 4. The third-order valence-corrected chi connectivity index (χ3v) is 3.60. The highest BCUT2D eigenvalue weighted by molar-refractivity contribution is 6.31. The van der Waals surface area contributed by atoms with E-state index in [2.05, 4.69) is 16.0 Å². The van der Waals surface area contributed by atoms with Crippen LogP contribution in [-0.4, -0.2) is 42.7 Å². The molecule has 0 radical (unpaired) electrons. The monoisotopic (exact) mass is 353 g/mol. The SMILES string of the molecule is CC(=O)N/C(C=N)=C1\CN(C(=O)Nc2ccc(F)c(Cl)c2)CCN1. The molecule has 3 amide bonds. The molecule has 4 N–H and O–H groups in total. The highest BCUT2D eigenvalue weighted by atomic mass is 35.5. The van der Waals surface area contributed by atoms with Crippen molar-refractivity contribution in [2.45, 2.75) is 6.92 Å². The molecular formula is C15H17ClFN5O2. The lowest BCUT2D eigenvalue weighted by Gasteiger charge is -2.31. The third kappa shape index (κ3) is 4.45. The van der Waals surface area contributed by atoms with E-state index in [4.69, 9.17) is 17.0 Å². The topological polar surface area (TPSA) is 97.3 Å². The van der Waals surface area contributed by atoms with Gasteiger partial charge in [0, 0.05) is 31.9 Å². The van der Waals surface area contributed by atoms with E-state index in [0.29, 0.717) is 30.2 Å². The number of hydrogen-bond donors (Lipinski definition) is 4. The van der Waals surface area contributed by atoms with Crippen molar-refractivity contribution in [2.24, 2.45) is 0 Å². The van der Waals surface area contributed by atoms with Crippen LogP contribution in [0.2, 0.25) is 5.02 Å². The van der Waals surface area contributed by atoms with Crippen molar-refractivity contribution >= 4 is 35.4 Å². The summed E-state index contributed by atoms with van der Waals surface area (Å²) >= 11 is 5.69. The first-order chi connectivity index (χ1) is 11.4. The summed E-state index contributed by atoms with van der Waals surface area (Å²) < 4.78 is 13.1. The van der Waals surface area contributed by atoms with Crippen molar-refractivity contribution in [2.75, 3.05) is 25.0 Å². The Bertz CT molecular complexity index is 707. The van der Waals surface area contributed by atoms with Crippen LogP contribution in [0.25, 0.3) is 0 Å². The van der Waals surface area contributed by atoms with Crippen LogP contribution in [0.3, 0.4) is 0 Å². The van der Waals surface area contributed by atoms with Gasteiger partial charge in [0.25, 0.3) is 0 Å². The van der Waals surface area contributed by atoms with Gasteiger partial charge in [-0.2, -0.15) is 0 Å². The minimum atomic E-state index is -0.562. The molecule has 24 heavy (non-hydrogen) atoms. The summed E-state index contributed by atoms with van der Waals surface area (Å²) in [6, 6.07) is 3.53. The van der Waals surface area contributed by atoms with E-state index in [1.54, 1.807) is 0 Å². The minimum Gasteiger partial charge on any atom is -0.383 e. The third-order valence-electron chi connectivity index (χ3n) is 3.31. The highest BCUT2D eigenvalue weighted by Gasteiger charge is 2.21. The average molecular weight is 354 g/mol. The van der Waals surface area contributed by atoms with Gasteiger partial charge >= 0.3 is 6.03 Å². The smallest absolute Gasteiger partial charge is 0.322 e. The maximum absolute atomic E-state index is 13.1. The average Bonchev–Trinajstić information content (AvgIpc) is 2.56. The molecule has 1 heterocycles. The minimum absolute atomic E-state index is 0.0783. The first-order valence-electron chi connectivity index (χ1n) is 7.16. The van der Waals surface area contributed by atoms with E-state index in [-0.39, 0.29) is 23.5 Å². The van der Waals surface area contributed by atoms with Gasteiger partial charge in [0.15, 0.2) is 0 Å². The summed E-state index contributed by atoms with van der Waals surface area (Å²) in [6.07, 6.45) is 1.02. The molecule has 1 aliphatic rings. The van der Waals surface area contributed by atoms with Crippen LogP contribution in [0.4, 0.5) is 14.9 Å². The highest BCUT2D eigenvalue weighted by Crippen LogP contribution is 2.20. The Morgan fingerprint density at radius 2 is 2.21 bits per heavy atom. The number of carbonyl (C=O) groups excluding carboxylic acids is 2. The van der Waals surface area contributed by atoms with Gasteiger partial charge in [-0.05, 0) is 18.2 Å². The molecule has 1 aromatic rings. The maximum Gasteiger partial charge on any atom is 0.322 e. The van der Waals surface area contributed by atoms with Crippen LogP contribution >= 0.6 is 11.6 Å². The van der Waals surface area contributed by atoms with Gasteiger partial charge < -0.3 is 26.3 Å². The largest absolute Gasteiger partial charge is 0.383 e. The lowest BCUT2D eigenvalue weighted by Crippen LogP contribution is -2.48. The number of urea groups is 1. The fourth-order valence-corrected chi connectivity index (χ4v) is 2.37. The van der Waals surface area contributed by atoms with E-state index in [0.717, 1.165) is 6.21 Å². The molecule has 0 saturated carbocycles. The van der Waals surface area contributed by atoms with Crippen molar-refractivity contribution in [3.63, 3.8) is 0 Å². The van der Waals surface area contributed by atoms with Crippen molar-refractivity contribution in [1.82, 2.24) is 15.5 Å². The van der Waals surface area contributed by atoms with Crippen LogP contribution in [0.5, 0.6) is 0 Å². The van der Waals surface area contributed by atoms with Crippen LogP contribution < -0.4 is 16.0 Å². The molecule has 0 unspecified atom stereocenters. The number of anilines is 1. The summed E-state index contributed by atoms with van der Waals surface area (Å²) in [7, 11) is 0. The van der Waals surface area contributed by atoms with Crippen molar-refractivity contribution in [3.05, 3.63) is 40.4 Å². The van der Waals surface area contributed by atoms with Gasteiger partial charge in [0.2, 0.25) is 5.91 Å². The van der Waals surface area contributed by atoms with Gasteiger partial charge in [-0.1, -0.05) is 11.6 Å². The molecule has 128 valence electrons. The molecule has 0 aliphatic carbocycles. The lowest BCUT2D eigenvalue weighted by atomic mass is 10.2. The zero-order valence-corrected chi connectivity index (χ0v) is 13.7. The summed E-state index contributed by atoms with van der Waals surface area (Å²) in [5.41, 5.74) is 1.26. The van der Waals surface area contributed by atoms with Crippen molar-refractivity contribution in [1.29, 1.82) is 5.41 Å². The van der Waals surface area contributed by atoms with E-state index in [9.17, 15) is 14.0 Å². The lowest BCUT2D eigenvalue weighted by molar-refractivity contribution is -0.118. The molecule has 9 heteroatoms. The van der Waals surface area contributed by atoms with Crippen LogP contribution in [0.15, 0.2) is 29.6 Å². The maximum atomic E-state index is 13.1. The Labute approximate surface area is 143 Å². The van der Waals surface area contributed by atoms with Gasteiger partial charge in [0.1, 0.15) is 5.82 Å². The second kappa shape index (κ2) is 7.78. The van der Waals surface area contributed by atoms with Gasteiger partial charge in [0.05, 0.1) is 23.0 Å². The van der Waals surface area contributed by atoms with Gasteiger partial charge in [-0.25, -0.2) is 9.18 Å². The van der Waals surface area contributed by atoms with Crippen LogP contribution in [0.1, 0.15) is 6.92 Å². The van der Waals surface area contributed by atoms with Crippen LogP contribution in [0, 0.1) is 11.2 Å². The quantitative estimate of drug-likeness (QED) is 0.625. The van der Waals surface area contributed by atoms with Gasteiger partial charge in [-0.15, -0.1) is 0 Å². The fraction of sp³-hybridized carbons (Fsp3) is 0.267. The molecule has 1 saturated heterocycles. The number of amides is 3. The second-order valence-corrected chi connectivity index (χ2v) is 5.53. The summed E-state index contributed by atoms with van der Waals surface area (Å²) in [5.74, 6) is -0.863.